The summed E-state index contributed by atoms with van der Waals surface area (Å²) in [4.78, 5) is 19.1. The molecule has 0 aliphatic rings. The maximum Gasteiger partial charge on any atom is 0.263 e. The Balaban J connectivity index is 1.86. The predicted octanol–water partition coefficient (Wildman–Crippen LogP) is 5.03. The van der Waals surface area contributed by atoms with Crippen LogP contribution in [0.5, 0.6) is 5.75 Å². The molecular formula is C23H16N2O2S. The lowest BCUT2D eigenvalue weighted by molar-refractivity contribution is 0.482. The van der Waals surface area contributed by atoms with Crippen LogP contribution in [0.15, 0.2) is 83.7 Å². The average Bonchev–Trinajstić information content (AvgIpc) is 3.12. The number of fused-ring (bicyclic) bond motifs is 3. The van der Waals surface area contributed by atoms with Gasteiger partial charge >= 0.3 is 0 Å². The molecule has 2 aromatic heterocycles. The van der Waals surface area contributed by atoms with Gasteiger partial charge in [-0.3, -0.25) is 9.36 Å². The second kappa shape index (κ2) is 6.62. The van der Waals surface area contributed by atoms with Gasteiger partial charge in [-0.15, -0.1) is 11.3 Å². The summed E-state index contributed by atoms with van der Waals surface area (Å²) < 4.78 is 2.42. The topological polar surface area (TPSA) is 55.1 Å². The highest BCUT2D eigenvalue weighted by atomic mass is 32.1. The summed E-state index contributed by atoms with van der Waals surface area (Å²) in [5.41, 5.74) is 1.83. The van der Waals surface area contributed by atoms with Crippen molar-refractivity contribution >= 4 is 31.6 Å². The largest absolute Gasteiger partial charge is 0.506 e. The summed E-state index contributed by atoms with van der Waals surface area (Å²) in [6.07, 6.45) is 0. The number of aromatic nitrogens is 2. The first-order valence-electron chi connectivity index (χ1n) is 8.97. The summed E-state index contributed by atoms with van der Waals surface area (Å²) in [6, 6.07) is 24.9. The normalized spacial score (nSPS) is 11.3. The molecule has 136 valence electrons. The number of hydrogen-bond acceptors (Lipinski definition) is 4. The van der Waals surface area contributed by atoms with E-state index < -0.39 is 0 Å². The number of hydrogen-bond donors (Lipinski definition) is 1. The van der Waals surface area contributed by atoms with E-state index in [1.165, 1.54) is 11.3 Å². The van der Waals surface area contributed by atoms with Crippen molar-refractivity contribution in [3.05, 3.63) is 94.8 Å². The van der Waals surface area contributed by atoms with Gasteiger partial charge in [-0.1, -0.05) is 72.8 Å². The van der Waals surface area contributed by atoms with Crippen LogP contribution >= 0.6 is 11.3 Å². The van der Waals surface area contributed by atoms with Crippen molar-refractivity contribution in [2.75, 3.05) is 0 Å². The minimum atomic E-state index is -0.0930. The van der Waals surface area contributed by atoms with Crippen LogP contribution in [-0.2, 0) is 6.54 Å². The molecular weight excluding hydrogens is 368 g/mol. The van der Waals surface area contributed by atoms with Crippen LogP contribution in [0, 0.1) is 0 Å². The third-order valence-corrected chi connectivity index (χ3v) is 5.94. The zero-order chi connectivity index (χ0) is 19.1. The predicted molar refractivity (Wildman–Crippen MR) is 114 cm³/mol. The van der Waals surface area contributed by atoms with Gasteiger partial charge in [0, 0.05) is 10.9 Å². The lowest BCUT2D eigenvalue weighted by atomic mass is 10.1. The molecule has 28 heavy (non-hydrogen) atoms. The molecule has 5 heteroatoms. The molecule has 0 aliphatic heterocycles. The average molecular weight is 384 g/mol. The summed E-state index contributed by atoms with van der Waals surface area (Å²) in [6.45, 7) is 0.434. The summed E-state index contributed by atoms with van der Waals surface area (Å²) >= 11 is 1.35. The number of thiophene rings is 1. The molecule has 0 unspecified atom stereocenters. The quantitative estimate of drug-likeness (QED) is 0.474. The SMILES string of the molecule is O=c1c2c(nc(-c3ccccc3)n1Cc1ccccc1)sc1c(O)cccc12. The minimum Gasteiger partial charge on any atom is -0.506 e. The van der Waals surface area contributed by atoms with E-state index >= 15 is 0 Å². The lowest BCUT2D eigenvalue weighted by Gasteiger charge is -2.13. The van der Waals surface area contributed by atoms with Crippen molar-refractivity contribution in [2.24, 2.45) is 0 Å². The van der Waals surface area contributed by atoms with Gasteiger partial charge < -0.3 is 5.11 Å². The van der Waals surface area contributed by atoms with Crippen molar-refractivity contribution in [1.29, 1.82) is 0 Å². The second-order valence-corrected chi connectivity index (χ2v) is 7.61. The Kier molecular flexibility index (Phi) is 3.95. The summed E-state index contributed by atoms with van der Waals surface area (Å²) in [7, 11) is 0. The Morgan fingerprint density at radius 2 is 1.61 bits per heavy atom. The van der Waals surface area contributed by atoms with E-state index in [9.17, 15) is 9.90 Å². The highest BCUT2D eigenvalue weighted by molar-refractivity contribution is 7.25. The van der Waals surface area contributed by atoms with Crippen molar-refractivity contribution in [3.63, 3.8) is 0 Å². The first-order valence-corrected chi connectivity index (χ1v) is 9.78. The minimum absolute atomic E-state index is 0.0930. The maximum atomic E-state index is 13.6. The van der Waals surface area contributed by atoms with Crippen molar-refractivity contribution in [1.82, 2.24) is 9.55 Å². The fourth-order valence-electron chi connectivity index (χ4n) is 3.49. The Morgan fingerprint density at radius 1 is 0.893 bits per heavy atom. The molecule has 5 aromatic rings. The number of aromatic hydroxyl groups is 1. The van der Waals surface area contributed by atoms with E-state index in [1.54, 1.807) is 16.7 Å². The molecule has 0 fully saturated rings. The molecule has 0 saturated heterocycles. The zero-order valence-electron chi connectivity index (χ0n) is 14.9. The third kappa shape index (κ3) is 2.68. The molecule has 3 aromatic carbocycles. The van der Waals surface area contributed by atoms with Crippen LogP contribution in [0.4, 0.5) is 0 Å². The first kappa shape index (κ1) is 16.7. The molecule has 0 saturated carbocycles. The Bertz CT molecular complexity index is 1360. The molecule has 0 amide bonds. The van der Waals surface area contributed by atoms with E-state index in [2.05, 4.69) is 0 Å². The van der Waals surface area contributed by atoms with Gasteiger partial charge in [0.15, 0.2) is 0 Å². The van der Waals surface area contributed by atoms with Crippen LogP contribution in [0.1, 0.15) is 5.56 Å². The molecule has 1 N–H and O–H groups in total. The van der Waals surface area contributed by atoms with Gasteiger partial charge in [0.2, 0.25) is 0 Å². The second-order valence-electron chi connectivity index (χ2n) is 6.61. The van der Waals surface area contributed by atoms with Crippen molar-refractivity contribution in [3.8, 4) is 17.1 Å². The standard InChI is InChI=1S/C23H16N2O2S/c26-18-13-7-12-17-19-22(28-20(17)18)24-21(16-10-5-2-6-11-16)25(23(19)27)14-15-8-3-1-4-9-15/h1-13,26H,14H2. The van der Waals surface area contributed by atoms with Crippen LogP contribution in [0.3, 0.4) is 0 Å². The van der Waals surface area contributed by atoms with Crippen molar-refractivity contribution in [2.45, 2.75) is 6.54 Å². The van der Waals surface area contributed by atoms with E-state index in [0.717, 1.165) is 16.5 Å². The first-order chi connectivity index (χ1) is 13.7. The third-order valence-electron chi connectivity index (χ3n) is 4.81. The number of phenols is 1. The number of benzene rings is 3. The molecule has 0 bridgehead atoms. The highest BCUT2D eigenvalue weighted by Crippen LogP contribution is 2.37. The number of nitrogens with zero attached hydrogens (tertiary/aromatic N) is 2. The van der Waals surface area contributed by atoms with E-state index in [-0.39, 0.29) is 11.3 Å². The van der Waals surface area contributed by atoms with Crippen LogP contribution in [0.25, 0.3) is 31.7 Å². The molecule has 5 rings (SSSR count). The zero-order valence-corrected chi connectivity index (χ0v) is 15.7. The van der Waals surface area contributed by atoms with Crippen molar-refractivity contribution < 1.29 is 5.11 Å². The lowest BCUT2D eigenvalue weighted by Crippen LogP contribution is -2.23. The van der Waals surface area contributed by atoms with Gasteiger partial charge in [-0.25, -0.2) is 4.98 Å². The molecule has 0 spiro atoms. The number of phenolic OH excluding ortho intramolecular Hbond substituents is 1. The van der Waals surface area contributed by atoms with E-state index in [4.69, 9.17) is 4.98 Å². The maximum absolute atomic E-state index is 13.6. The van der Waals surface area contributed by atoms with Gasteiger partial charge in [0.1, 0.15) is 16.4 Å². The van der Waals surface area contributed by atoms with E-state index in [0.29, 0.717) is 27.3 Å². The van der Waals surface area contributed by atoms with Gasteiger partial charge in [0.25, 0.3) is 5.56 Å². The smallest absolute Gasteiger partial charge is 0.263 e. The number of rotatable bonds is 3. The van der Waals surface area contributed by atoms with Gasteiger partial charge in [-0.2, -0.15) is 0 Å². The Morgan fingerprint density at radius 3 is 2.36 bits per heavy atom. The van der Waals surface area contributed by atoms with Crippen LogP contribution in [0.2, 0.25) is 0 Å². The Labute approximate surface area is 165 Å². The van der Waals surface area contributed by atoms with Gasteiger partial charge in [-0.05, 0) is 11.6 Å². The Hall–Kier alpha value is -3.44. The summed E-state index contributed by atoms with van der Waals surface area (Å²) in [5, 5.41) is 11.5. The van der Waals surface area contributed by atoms with Crippen LogP contribution < -0.4 is 5.56 Å². The highest BCUT2D eigenvalue weighted by Gasteiger charge is 2.18. The fraction of sp³-hybridized carbons (Fsp3) is 0.0435. The molecule has 2 heterocycles. The van der Waals surface area contributed by atoms with E-state index in [1.807, 2.05) is 66.7 Å². The molecule has 4 nitrogen and oxygen atoms in total. The molecule has 0 aliphatic carbocycles. The fourth-order valence-corrected chi connectivity index (χ4v) is 4.56. The molecule has 0 atom stereocenters. The monoisotopic (exact) mass is 384 g/mol. The summed E-state index contributed by atoms with van der Waals surface area (Å²) in [5.74, 6) is 0.809. The molecule has 0 radical (unpaired) electrons. The van der Waals surface area contributed by atoms with Crippen LogP contribution in [-0.4, -0.2) is 14.7 Å². The van der Waals surface area contributed by atoms with Gasteiger partial charge in [0.05, 0.1) is 16.6 Å².